The fourth-order valence-electron chi connectivity index (χ4n) is 2.02. The third-order valence-electron chi connectivity index (χ3n) is 3.35. The van der Waals surface area contributed by atoms with Gasteiger partial charge in [0.2, 0.25) is 0 Å². The summed E-state index contributed by atoms with van der Waals surface area (Å²) in [7, 11) is 2.84. The lowest BCUT2D eigenvalue weighted by Crippen LogP contribution is -2.20. The zero-order valence-corrected chi connectivity index (χ0v) is 14.8. The van der Waals surface area contributed by atoms with E-state index in [9.17, 15) is 9.59 Å². The first-order chi connectivity index (χ1) is 10.4. The molecule has 0 aliphatic heterocycles. The van der Waals surface area contributed by atoms with E-state index >= 15 is 0 Å². The molecule has 0 aromatic carbocycles. The largest absolute Gasteiger partial charge is 0.469 e. The highest BCUT2D eigenvalue weighted by molar-refractivity contribution is 5.72. The average molecular weight is 312 g/mol. The van der Waals surface area contributed by atoms with Crippen LogP contribution in [0.1, 0.15) is 46.5 Å². The number of methoxy groups -OCH3 is 2. The van der Waals surface area contributed by atoms with Gasteiger partial charge < -0.3 is 9.47 Å². The molecule has 2 unspecified atom stereocenters. The highest BCUT2D eigenvalue weighted by Gasteiger charge is 2.20. The molecule has 0 bridgehead atoms. The maximum absolute atomic E-state index is 11.1. The summed E-state index contributed by atoms with van der Waals surface area (Å²) in [4.78, 5) is 22.1. The van der Waals surface area contributed by atoms with Crippen LogP contribution in [-0.4, -0.2) is 26.2 Å². The first kappa shape index (κ1) is 22.7. The second-order valence-corrected chi connectivity index (χ2v) is 5.43. The first-order valence-electron chi connectivity index (χ1n) is 7.76. The lowest BCUT2D eigenvalue weighted by atomic mass is 9.93. The number of carbonyl (C=O) groups is 2. The van der Waals surface area contributed by atoms with E-state index < -0.39 is 0 Å². The molecule has 0 aromatic heterocycles. The Morgan fingerprint density at radius 3 is 1.82 bits per heavy atom. The molecule has 0 aliphatic carbocycles. The quantitative estimate of drug-likeness (QED) is 0.474. The number of hydrogen-bond acceptors (Lipinski definition) is 4. The van der Waals surface area contributed by atoms with Crippen LogP contribution in [0.25, 0.3) is 0 Å². The van der Waals surface area contributed by atoms with E-state index in [1.54, 1.807) is 12.2 Å². The van der Waals surface area contributed by atoms with Gasteiger partial charge in [-0.05, 0) is 25.2 Å². The first-order valence-corrected chi connectivity index (χ1v) is 7.76. The number of ether oxygens (including phenoxy) is 2. The van der Waals surface area contributed by atoms with E-state index in [0.717, 1.165) is 19.3 Å². The molecule has 0 N–H and O–H groups in total. The van der Waals surface area contributed by atoms with E-state index in [1.807, 2.05) is 13.8 Å². The van der Waals surface area contributed by atoms with Crippen LogP contribution in [0.15, 0.2) is 25.3 Å². The Morgan fingerprint density at radius 2 is 1.50 bits per heavy atom. The van der Waals surface area contributed by atoms with Crippen molar-refractivity contribution in [3.8, 4) is 0 Å². The van der Waals surface area contributed by atoms with Crippen molar-refractivity contribution in [2.24, 2.45) is 17.8 Å². The Morgan fingerprint density at radius 1 is 1.00 bits per heavy atom. The second kappa shape index (κ2) is 14.4. The molecule has 0 spiro atoms. The van der Waals surface area contributed by atoms with Crippen LogP contribution in [0, 0.1) is 17.8 Å². The zero-order chi connectivity index (χ0) is 17.5. The molecule has 4 nitrogen and oxygen atoms in total. The van der Waals surface area contributed by atoms with Crippen molar-refractivity contribution in [3.05, 3.63) is 25.3 Å². The average Bonchev–Trinajstić information content (AvgIpc) is 2.51. The van der Waals surface area contributed by atoms with Gasteiger partial charge in [-0.3, -0.25) is 9.59 Å². The summed E-state index contributed by atoms with van der Waals surface area (Å²) in [5, 5.41) is 0. The molecule has 0 aliphatic rings. The monoisotopic (exact) mass is 312 g/mol. The number of rotatable bonds is 9. The summed E-state index contributed by atoms with van der Waals surface area (Å²) in [6, 6.07) is 0. The van der Waals surface area contributed by atoms with Gasteiger partial charge in [-0.2, -0.15) is 0 Å². The van der Waals surface area contributed by atoms with Gasteiger partial charge in [-0.1, -0.05) is 39.3 Å². The Hall–Kier alpha value is -1.58. The van der Waals surface area contributed by atoms with Gasteiger partial charge in [0.15, 0.2) is 0 Å². The summed E-state index contributed by atoms with van der Waals surface area (Å²) in [6.07, 6.45) is 6.83. The van der Waals surface area contributed by atoms with Gasteiger partial charge in [0.25, 0.3) is 0 Å². The fourth-order valence-corrected chi connectivity index (χ4v) is 2.02. The van der Waals surface area contributed by atoms with Crippen molar-refractivity contribution in [1.82, 2.24) is 0 Å². The number of esters is 2. The highest BCUT2D eigenvalue weighted by atomic mass is 16.5. The van der Waals surface area contributed by atoms with Crippen LogP contribution >= 0.6 is 0 Å². The van der Waals surface area contributed by atoms with Crippen LogP contribution in [0.5, 0.6) is 0 Å². The van der Waals surface area contributed by atoms with Gasteiger partial charge in [-0.15, -0.1) is 13.2 Å². The van der Waals surface area contributed by atoms with Gasteiger partial charge in [0.1, 0.15) is 0 Å². The Labute approximate surface area is 135 Å². The number of allylic oxidation sites excluding steroid dienone is 2. The summed E-state index contributed by atoms with van der Waals surface area (Å²) in [6.45, 7) is 13.2. The Bertz CT molecular complexity index is 334. The van der Waals surface area contributed by atoms with Crippen molar-refractivity contribution in [3.63, 3.8) is 0 Å². The molecule has 22 heavy (non-hydrogen) atoms. The second-order valence-electron chi connectivity index (χ2n) is 5.43. The molecule has 0 heterocycles. The lowest BCUT2D eigenvalue weighted by Gasteiger charge is -2.15. The fraction of sp³-hybridized carbons (Fsp3) is 0.667. The van der Waals surface area contributed by atoms with Crippen molar-refractivity contribution in [2.45, 2.75) is 46.5 Å². The lowest BCUT2D eigenvalue weighted by molar-refractivity contribution is -0.147. The molecular formula is C18H32O4. The van der Waals surface area contributed by atoms with Gasteiger partial charge in [-0.25, -0.2) is 0 Å². The van der Waals surface area contributed by atoms with Crippen molar-refractivity contribution < 1.29 is 19.1 Å². The van der Waals surface area contributed by atoms with E-state index in [1.165, 1.54) is 14.2 Å². The highest BCUT2D eigenvalue weighted by Crippen LogP contribution is 2.16. The summed E-state index contributed by atoms with van der Waals surface area (Å²) >= 11 is 0. The molecule has 4 heteroatoms. The summed E-state index contributed by atoms with van der Waals surface area (Å²) < 4.78 is 9.27. The zero-order valence-electron chi connectivity index (χ0n) is 14.8. The van der Waals surface area contributed by atoms with E-state index in [-0.39, 0.29) is 23.8 Å². The van der Waals surface area contributed by atoms with Gasteiger partial charge in [0, 0.05) is 0 Å². The Balaban J connectivity index is 0. The maximum Gasteiger partial charge on any atom is 0.309 e. The SMILES string of the molecule is C=CCC(C(=O)OC)C(C)C.C=CCC(CCC)C(=O)OC. The molecule has 0 saturated carbocycles. The van der Waals surface area contributed by atoms with Gasteiger partial charge in [0.05, 0.1) is 26.1 Å². The minimum atomic E-state index is -0.139. The molecule has 0 aromatic rings. The smallest absolute Gasteiger partial charge is 0.309 e. The Kier molecular flexibility index (Phi) is 14.8. The van der Waals surface area contributed by atoms with Crippen LogP contribution in [0.2, 0.25) is 0 Å². The van der Waals surface area contributed by atoms with Crippen molar-refractivity contribution in [1.29, 1.82) is 0 Å². The van der Waals surface area contributed by atoms with Crippen LogP contribution < -0.4 is 0 Å². The molecule has 0 radical (unpaired) electrons. The standard InChI is InChI=1S/2C9H16O2/c1-5-6-8(7(2)3)9(10)11-4;1-4-6-8(7-5-2)9(10)11-3/h5,7-8H,1,6H2,2-4H3;4,8H,1,5-7H2,2-3H3. The summed E-state index contributed by atoms with van der Waals surface area (Å²) in [5.41, 5.74) is 0. The molecule has 0 fully saturated rings. The van der Waals surface area contributed by atoms with Crippen LogP contribution in [0.3, 0.4) is 0 Å². The molecule has 2 atom stereocenters. The van der Waals surface area contributed by atoms with Crippen LogP contribution in [0.4, 0.5) is 0 Å². The molecular weight excluding hydrogens is 280 g/mol. The third kappa shape index (κ3) is 10.2. The normalized spacial score (nSPS) is 12.5. The van der Waals surface area contributed by atoms with Crippen LogP contribution in [-0.2, 0) is 19.1 Å². The molecule has 0 saturated heterocycles. The maximum atomic E-state index is 11.1. The van der Waals surface area contributed by atoms with E-state index in [0.29, 0.717) is 12.3 Å². The topological polar surface area (TPSA) is 52.6 Å². The minimum Gasteiger partial charge on any atom is -0.469 e. The third-order valence-corrected chi connectivity index (χ3v) is 3.35. The molecule has 128 valence electrons. The van der Waals surface area contributed by atoms with Crippen molar-refractivity contribution >= 4 is 11.9 Å². The van der Waals surface area contributed by atoms with E-state index in [2.05, 4.69) is 29.6 Å². The number of carbonyl (C=O) groups excluding carboxylic acids is 2. The van der Waals surface area contributed by atoms with E-state index in [4.69, 9.17) is 0 Å². The molecule has 0 rings (SSSR count). The van der Waals surface area contributed by atoms with Gasteiger partial charge >= 0.3 is 11.9 Å². The molecule has 0 amide bonds. The van der Waals surface area contributed by atoms with Crippen molar-refractivity contribution in [2.75, 3.05) is 14.2 Å². The predicted octanol–water partition coefficient (Wildman–Crippen LogP) is 4.16. The number of hydrogen-bond donors (Lipinski definition) is 0. The predicted molar refractivity (Wildman–Crippen MR) is 90.4 cm³/mol. The minimum absolute atomic E-state index is 0.0162. The summed E-state index contributed by atoms with van der Waals surface area (Å²) in [5.74, 6) is 0.0482.